The lowest BCUT2D eigenvalue weighted by atomic mass is 9.66. The quantitative estimate of drug-likeness (QED) is 0.588. The molecule has 1 heterocycles. The SMILES string of the molecule is CC1(C)OP(=O)(F)OC(C)(C)C1(C)C. The highest BCUT2D eigenvalue weighted by Gasteiger charge is 2.60. The third kappa shape index (κ3) is 1.64. The molecule has 0 amide bonds. The van der Waals surface area contributed by atoms with Gasteiger partial charge in [0.1, 0.15) is 0 Å². The Labute approximate surface area is 84.6 Å². The van der Waals surface area contributed by atoms with Crippen molar-refractivity contribution in [1.82, 2.24) is 0 Å². The minimum Gasteiger partial charge on any atom is -0.277 e. The van der Waals surface area contributed by atoms with Gasteiger partial charge in [-0.3, -0.25) is 9.05 Å². The molecular formula is C9H18FO3P. The molecule has 1 saturated heterocycles. The molecule has 0 aromatic heterocycles. The number of rotatable bonds is 0. The van der Waals surface area contributed by atoms with Gasteiger partial charge in [0.2, 0.25) is 0 Å². The van der Waals surface area contributed by atoms with E-state index >= 15 is 0 Å². The molecule has 1 aliphatic rings. The predicted octanol–water partition coefficient (Wildman–Crippen LogP) is 3.69. The average molecular weight is 224 g/mol. The summed E-state index contributed by atoms with van der Waals surface area (Å²) in [7, 11) is -4.41. The van der Waals surface area contributed by atoms with E-state index in [9.17, 15) is 8.76 Å². The molecule has 0 bridgehead atoms. The fraction of sp³-hybridized carbons (Fsp3) is 1.00. The van der Waals surface area contributed by atoms with Crippen LogP contribution in [0.5, 0.6) is 0 Å². The summed E-state index contributed by atoms with van der Waals surface area (Å²) < 4.78 is 34.3. The summed E-state index contributed by atoms with van der Waals surface area (Å²) in [5.74, 6) is 0. The smallest absolute Gasteiger partial charge is 0.277 e. The topological polar surface area (TPSA) is 35.5 Å². The molecular weight excluding hydrogens is 206 g/mol. The highest BCUT2D eigenvalue weighted by molar-refractivity contribution is 7.48. The maximum atomic E-state index is 13.3. The molecule has 0 saturated carbocycles. The summed E-state index contributed by atoms with van der Waals surface area (Å²) in [5.41, 5.74) is -2.07. The van der Waals surface area contributed by atoms with E-state index in [1.165, 1.54) is 0 Å². The third-order valence-electron chi connectivity index (χ3n) is 3.68. The first-order chi connectivity index (χ1) is 5.91. The van der Waals surface area contributed by atoms with Gasteiger partial charge in [-0.1, -0.05) is 13.8 Å². The van der Waals surface area contributed by atoms with E-state index < -0.39 is 24.5 Å². The van der Waals surface area contributed by atoms with Crippen molar-refractivity contribution in [2.75, 3.05) is 0 Å². The second-order valence-corrected chi connectivity index (χ2v) is 6.49. The highest BCUT2D eigenvalue weighted by Crippen LogP contribution is 2.66. The van der Waals surface area contributed by atoms with Crippen LogP contribution >= 0.6 is 7.91 Å². The number of hydrogen-bond donors (Lipinski definition) is 0. The minimum absolute atomic E-state index is 0.431. The van der Waals surface area contributed by atoms with Gasteiger partial charge in [-0.2, -0.15) is 0 Å². The van der Waals surface area contributed by atoms with Crippen molar-refractivity contribution in [1.29, 1.82) is 0 Å². The van der Waals surface area contributed by atoms with Crippen LogP contribution in [-0.4, -0.2) is 11.2 Å². The van der Waals surface area contributed by atoms with Gasteiger partial charge >= 0.3 is 7.91 Å². The molecule has 1 fully saturated rings. The number of hydrogen-bond acceptors (Lipinski definition) is 3. The van der Waals surface area contributed by atoms with E-state index in [-0.39, 0.29) is 0 Å². The zero-order valence-corrected chi connectivity index (χ0v) is 10.4. The molecule has 5 heteroatoms. The molecule has 0 aliphatic carbocycles. The Balaban J connectivity index is 3.20. The first-order valence-electron chi connectivity index (χ1n) is 4.63. The van der Waals surface area contributed by atoms with Gasteiger partial charge in [-0.15, -0.1) is 4.20 Å². The van der Waals surface area contributed by atoms with Crippen molar-refractivity contribution in [3.05, 3.63) is 0 Å². The maximum Gasteiger partial charge on any atom is 0.514 e. The van der Waals surface area contributed by atoms with Crippen molar-refractivity contribution in [3.8, 4) is 0 Å². The summed E-state index contributed by atoms with van der Waals surface area (Å²) in [6.45, 7) is 10.7. The van der Waals surface area contributed by atoms with E-state index in [4.69, 9.17) is 9.05 Å². The lowest BCUT2D eigenvalue weighted by Gasteiger charge is -2.54. The van der Waals surface area contributed by atoms with E-state index in [0.717, 1.165) is 0 Å². The molecule has 14 heavy (non-hydrogen) atoms. The van der Waals surface area contributed by atoms with Gasteiger partial charge in [0.15, 0.2) is 0 Å². The first kappa shape index (κ1) is 12.2. The van der Waals surface area contributed by atoms with Crippen molar-refractivity contribution >= 4 is 7.91 Å². The minimum atomic E-state index is -4.41. The van der Waals surface area contributed by atoms with Crippen LogP contribution < -0.4 is 0 Å². The summed E-state index contributed by atoms with van der Waals surface area (Å²) in [5, 5.41) is 0. The highest BCUT2D eigenvalue weighted by atomic mass is 31.2. The van der Waals surface area contributed by atoms with Crippen LogP contribution in [0.4, 0.5) is 4.20 Å². The lowest BCUT2D eigenvalue weighted by molar-refractivity contribution is -0.177. The number of halogens is 1. The third-order valence-corrected chi connectivity index (χ3v) is 5.03. The molecule has 84 valence electrons. The molecule has 0 spiro atoms. The van der Waals surface area contributed by atoms with Crippen molar-refractivity contribution < 1.29 is 17.8 Å². The molecule has 0 N–H and O–H groups in total. The van der Waals surface area contributed by atoms with Crippen LogP contribution in [0.25, 0.3) is 0 Å². The van der Waals surface area contributed by atoms with Gasteiger partial charge in [-0.05, 0) is 27.7 Å². The van der Waals surface area contributed by atoms with Gasteiger partial charge < -0.3 is 0 Å². The largest absolute Gasteiger partial charge is 0.514 e. The normalized spacial score (nSPS) is 32.5. The van der Waals surface area contributed by atoms with Crippen molar-refractivity contribution in [2.45, 2.75) is 52.7 Å². The van der Waals surface area contributed by atoms with Crippen molar-refractivity contribution in [3.63, 3.8) is 0 Å². The summed E-state index contributed by atoms with van der Waals surface area (Å²) >= 11 is 0. The molecule has 3 nitrogen and oxygen atoms in total. The van der Waals surface area contributed by atoms with E-state index in [1.807, 2.05) is 13.8 Å². The molecule has 0 aromatic rings. The molecule has 0 unspecified atom stereocenters. The molecule has 1 aliphatic heterocycles. The summed E-state index contributed by atoms with van der Waals surface area (Å²) in [6, 6.07) is 0. The second-order valence-electron chi connectivity index (χ2n) is 5.26. The molecule has 1 rings (SSSR count). The van der Waals surface area contributed by atoms with Crippen LogP contribution in [0.2, 0.25) is 0 Å². The van der Waals surface area contributed by atoms with E-state index in [0.29, 0.717) is 0 Å². The zero-order chi connectivity index (χ0) is 11.4. The van der Waals surface area contributed by atoms with Crippen LogP contribution in [0.15, 0.2) is 0 Å². The predicted molar refractivity (Wildman–Crippen MR) is 52.8 cm³/mol. The van der Waals surface area contributed by atoms with E-state index in [2.05, 4.69) is 0 Å². The van der Waals surface area contributed by atoms with Crippen LogP contribution in [0, 0.1) is 5.41 Å². The summed E-state index contributed by atoms with van der Waals surface area (Å²) in [4.78, 5) is 0. The summed E-state index contributed by atoms with van der Waals surface area (Å²) in [6.07, 6.45) is 0. The second kappa shape index (κ2) is 2.81. The van der Waals surface area contributed by atoms with Gasteiger partial charge in [0.05, 0.1) is 11.2 Å². The van der Waals surface area contributed by atoms with E-state index in [1.54, 1.807) is 27.7 Å². The molecule has 0 aromatic carbocycles. The van der Waals surface area contributed by atoms with Gasteiger partial charge in [0.25, 0.3) is 0 Å². The average Bonchev–Trinajstić information content (AvgIpc) is 1.77. The Morgan fingerprint density at radius 3 is 1.50 bits per heavy atom. The Bertz CT molecular complexity index is 272. The van der Waals surface area contributed by atoms with Crippen LogP contribution in [-0.2, 0) is 13.6 Å². The van der Waals surface area contributed by atoms with Gasteiger partial charge in [-0.25, -0.2) is 4.57 Å². The first-order valence-corrected chi connectivity index (χ1v) is 6.06. The van der Waals surface area contributed by atoms with Crippen LogP contribution in [0.1, 0.15) is 41.5 Å². The Kier molecular flexibility index (Phi) is 2.44. The van der Waals surface area contributed by atoms with Crippen molar-refractivity contribution in [2.24, 2.45) is 5.41 Å². The maximum absolute atomic E-state index is 13.3. The van der Waals surface area contributed by atoms with Crippen LogP contribution in [0.3, 0.4) is 0 Å². The van der Waals surface area contributed by atoms with Gasteiger partial charge in [0, 0.05) is 5.41 Å². The lowest BCUT2D eigenvalue weighted by Crippen LogP contribution is -2.57. The standard InChI is InChI=1S/C9H18FO3P/c1-7(2)8(3,4)12-14(10,11)13-9(7,5)6/h1-6H3. The fourth-order valence-electron chi connectivity index (χ4n) is 1.52. The fourth-order valence-corrected chi connectivity index (χ4v) is 3.10. The molecule has 0 atom stereocenters. The Morgan fingerprint density at radius 2 is 1.21 bits per heavy atom. The molecule has 0 radical (unpaired) electrons. The Morgan fingerprint density at radius 1 is 0.929 bits per heavy atom. The zero-order valence-electron chi connectivity index (χ0n) is 9.55. The monoisotopic (exact) mass is 224 g/mol. The Hall–Kier alpha value is 0.0800.